The number of rotatable bonds is 2. The molecule has 6 saturated carbocycles. The average molecular weight is 521 g/mol. The molecule has 6 aliphatic carbocycles. The molecule has 0 aliphatic heterocycles. The summed E-state index contributed by atoms with van der Waals surface area (Å²) in [5, 5.41) is 0. The van der Waals surface area contributed by atoms with Gasteiger partial charge in [0.1, 0.15) is 0 Å². The molecule has 0 heterocycles. The van der Waals surface area contributed by atoms with E-state index in [4.69, 9.17) is 0 Å². The second kappa shape index (κ2) is 14.3. The average Bonchev–Trinajstić information content (AvgIpc) is 3.69. The highest BCUT2D eigenvalue weighted by Crippen LogP contribution is 2.93. The van der Waals surface area contributed by atoms with E-state index in [9.17, 15) is 4.39 Å². The maximum Gasteiger partial charge on any atom is 0.0785 e. The van der Waals surface area contributed by atoms with Gasteiger partial charge in [-0.15, -0.1) is 6.58 Å². The first-order chi connectivity index (χ1) is 17.6. The minimum Gasteiger partial charge on any atom is -0.255 e. The zero-order valence-corrected chi connectivity index (χ0v) is 27.7. The third kappa shape index (κ3) is 6.21. The third-order valence-corrected chi connectivity index (χ3v) is 11.6. The van der Waals surface area contributed by atoms with Gasteiger partial charge >= 0.3 is 0 Å². The number of allylic oxidation sites excluding steroid dienone is 1. The molecule has 7 atom stereocenters. The van der Waals surface area contributed by atoms with Crippen molar-refractivity contribution >= 4 is 0 Å². The van der Waals surface area contributed by atoms with E-state index in [-0.39, 0.29) is 0 Å². The van der Waals surface area contributed by atoms with E-state index < -0.39 is 0 Å². The first-order valence-electron chi connectivity index (χ1n) is 16.6. The topological polar surface area (TPSA) is 0 Å². The standard InChI is InChI=1S/C22H34.C5H10.C4H10.2C2H6.CH3F/c1-3-15-4-5-17-19(15,2)8-7-18-21-13-12-20(10-11-20)14-16(21)6-9-22(17,18)21;1-4-5(2)3;1-4(2)3;3*1-2/h15-18H,3-14H2,1-2H3;2,4H2,1,3H3;4H,1-3H3;2*1-2H3;1H3. The van der Waals surface area contributed by atoms with Crippen LogP contribution in [0.2, 0.25) is 0 Å². The van der Waals surface area contributed by atoms with Gasteiger partial charge in [-0.1, -0.05) is 81.2 Å². The normalized spacial score (nSPS) is 39.9. The van der Waals surface area contributed by atoms with Crippen LogP contribution in [0.5, 0.6) is 0 Å². The van der Waals surface area contributed by atoms with Crippen molar-refractivity contribution in [3.05, 3.63) is 12.2 Å². The number of alkyl halides is 1. The van der Waals surface area contributed by atoms with Crippen molar-refractivity contribution in [2.75, 3.05) is 7.18 Å². The van der Waals surface area contributed by atoms with Crippen LogP contribution in [0.4, 0.5) is 4.39 Å². The Morgan fingerprint density at radius 3 is 1.76 bits per heavy atom. The van der Waals surface area contributed by atoms with Crippen molar-refractivity contribution in [3.63, 3.8) is 0 Å². The lowest BCUT2D eigenvalue weighted by Crippen LogP contribution is -2.38. The minimum atomic E-state index is 0.500. The second-order valence-electron chi connectivity index (χ2n) is 13.9. The molecule has 0 aromatic heterocycles. The summed E-state index contributed by atoms with van der Waals surface area (Å²) in [7, 11) is 0.500. The summed E-state index contributed by atoms with van der Waals surface area (Å²) >= 11 is 0. The van der Waals surface area contributed by atoms with Crippen molar-refractivity contribution in [2.45, 2.75) is 160 Å². The van der Waals surface area contributed by atoms with E-state index in [0.717, 1.165) is 51.8 Å². The van der Waals surface area contributed by atoms with Crippen LogP contribution in [0, 0.1) is 51.2 Å². The first-order valence-corrected chi connectivity index (χ1v) is 16.6. The summed E-state index contributed by atoms with van der Waals surface area (Å²) in [6.07, 6.45) is 20.3. The molecule has 0 bridgehead atoms. The lowest BCUT2D eigenvalue weighted by Gasteiger charge is -2.45. The van der Waals surface area contributed by atoms with Crippen LogP contribution in [0.15, 0.2) is 12.2 Å². The largest absolute Gasteiger partial charge is 0.255 e. The summed E-state index contributed by atoms with van der Waals surface area (Å²) < 4.78 is 9.50. The quantitative estimate of drug-likeness (QED) is 0.317. The monoisotopic (exact) mass is 521 g/mol. The van der Waals surface area contributed by atoms with Crippen molar-refractivity contribution in [1.29, 1.82) is 0 Å². The van der Waals surface area contributed by atoms with Gasteiger partial charge in [-0.3, -0.25) is 4.39 Å². The second-order valence-corrected chi connectivity index (χ2v) is 13.9. The van der Waals surface area contributed by atoms with Gasteiger partial charge < -0.3 is 0 Å². The van der Waals surface area contributed by atoms with Crippen LogP contribution in [0.25, 0.3) is 0 Å². The zero-order valence-electron chi connectivity index (χ0n) is 27.7. The molecule has 0 aromatic rings. The molecule has 6 rings (SSSR count). The molecular formula is C36H69F. The summed E-state index contributed by atoms with van der Waals surface area (Å²) in [4.78, 5) is 0. The van der Waals surface area contributed by atoms with Crippen LogP contribution >= 0.6 is 0 Å². The van der Waals surface area contributed by atoms with Crippen LogP contribution in [-0.2, 0) is 0 Å². The fourth-order valence-electron chi connectivity index (χ4n) is 10.0. The molecule has 6 fully saturated rings. The fourth-order valence-corrected chi connectivity index (χ4v) is 10.0. The number of hydrogen-bond acceptors (Lipinski definition) is 0. The third-order valence-electron chi connectivity index (χ3n) is 11.6. The van der Waals surface area contributed by atoms with E-state index in [1.165, 1.54) is 17.9 Å². The van der Waals surface area contributed by atoms with Crippen molar-refractivity contribution < 1.29 is 4.39 Å². The maximum absolute atomic E-state index is 9.50. The molecule has 0 saturated heterocycles. The fraction of sp³-hybridized carbons (Fsp3) is 0.944. The zero-order chi connectivity index (χ0) is 28.7. The Hall–Kier alpha value is -0.330. The van der Waals surface area contributed by atoms with Crippen LogP contribution in [0.1, 0.15) is 160 Å². The van der Waals surface area contributed by atoms with E-state index in [2.05, 4.69) is 48.1 Å². The smallest absolute Gasteiger partial charge is 0.0785 e. The lowest BCUT2D eigenvalue weighted by molar-refractivity contribution is 0.0316. The first kappa shape index (κ1) is 34.7. The Balaban J connectivity index is 0.000000389. The number of hydrogen-bond donors (Lipinski definition) is 0. The molecule has 0 radical (unpaired) electrons. The number of halogens is 1. The Kier molecular flexibility index (Phi) is 13.5. The Bertz CT molecular complexity index is 671. The van der Waals surface area contributed by atoms with E-state index in [0.29, 0.717) is 7.18 Å². The lowest BCUT2D eigenvalue weighted by atomic mass is 9.59. The summed E-state index contributed by atoms with van der Waals surface area (Å²) in [5.74, 6) is 5.37. The predicted octanol–water partition coefficient (Wildman–Crippen LogP) is 12.5. The SMILES string of the molecule is C=C(C)CC.CC.CC.CC(C)C.CCC1CCC2C1(C)CCC1C34CCC5(CC5)CC3CCC214.CF. The molecule has 6 aliphatic rings. The van der Waals surface area contributed by atoms with Gasteiger partial charge in [-0.05, 0) is 135 Å². The summed E-state index contributed by atoms with van der Waals surface area (Å²) in [5.41, 5.74) is 4.62. The van der Waals surface area contributed by atoms with E-state index in [1.54, 1.807) is 70.6 Å². The molecular weight excluding hydrogens is 451 g/mol. The van der Waals surface area contributed by atoms with E-state index in [1.807, 2.05) is 34.6 Å². The van der Waals surface area contributed by atoms with Gasteiger partial charge in [0.15, 0.2) is 0 Å². The van der Waals surface area contributed by atoms with Crippen LogP contribution < -0.4 is 0 Å². The Labute approximate surface area is 234 Å². The highest BCUT2D eigenvalue weighted by molar-refractivity contribution is 5.34. The van der Waals surface area contributed by atoms with Gasteiger partial charge in [0.2, 0.25) is 0 Å². The summed E-state index contributed by atoms with van der Waals surface area (Å²) in [6.45, 7) is 27.5. The molecule has 0 nitrogen and oxygen atoms in total. The van der Waals surface area contributed by atoms with Crippen molar-refractivity contribution in [3.8, 4) is 0 Å². The van der Waals surface area contributed by atoms with Gasteiger partial charge in [-0.25, -0.2) is 0 Å². The van der Waals surface area contributed by atoms with Crippen molar-refractivity contribution in [1.82, 2.24) is 0 Å². The molecule has 0 N–H and O–H groups in total. The Morgan fingerprint density at radius 1 is 0.784 bits per heavy atom. The summed E-state index contributed by atoms with van der Waals surface area (Å²) in [6, 6.07) is 0. The highest BCUT2D eigenvalue weighted by atomic mass is 19.1. The molecule has 3 spiro atoms. The highest BCUT2D eigenvalue weighted by Gasteiger charge is 2.86. The van der Waals surface area contributed by atoms with Gasteiger partial charge in [-0.2, -0.15) is 0 Å². The van der Waals surface area contributed by atoms with Crippen LogP contribution in [0.3, 0.4) is 0 Å². The van der Waals surface area contributed by atoms with Crippen molar-refractivity contribution in [2.24, 2.45) is 51.2 Å². The molecule has 0 amide bonds. The van der Waals surface area contributed by atoms with Gasteiger partial charge in [0.25, 0.3) is 0 Å². The van der Waals surface area contributed by atoms with Crippen LogP contribution in [-0.4, -0.2) is 7.18 Å². The Morgan fingerprint density at radius 2 is 1.30 bits per heavy atom. The molecule has 1 heteroatoms. The molecule has 0 aromatic carbocycles. The van der Waals surface area contributed by atoms with E-state index >= 15 is 0 Å². The van der Waals surface area contributed by atoms with Gasteiger partial charge in [0.05, 0.1) is 7.18 Å². The number of fused-ring (bicyclic) bond motifs is 1. The molecule has 7 unspecified atom stereocenters. The molecule has 37 heavy (non-hydrogen) atoms. The van der Waals surface area contributed by atoms with Gasteiger partial charge in [0, 0.05) is 0 Å². The molecule has 220 valence electrons. The predicted molar refractivity (Wildman–Crippen MR) is 166 cm³/mol. The maximum atomic E-state index is 9.50. The minimum absolute atomic E-state index is 0.500.